The number of nitrogens with one attached hydrogen (secondary N) is 1. The summed E-state index contributed by atoms with van der Waals surface area (Å²) in [5, 5.41) is 23.8. The summed E-state index contributed by atoms with van der Waals surface area (Å²) in [6.07, 6.45) is 2.33. The molecule has 3 aromatic rings. The number of aliphatic hydroxyl groups excluding tert-OH is 1. The van der Waals surface area contributed by atoms with Gasteiger partial charge in [0.25, 0.3) is 0 Å². The molecular weight excluding hydrogens is 445 g/mol. The van der Waals surface area contributed by atoms with Gasteiger partial charge in [-0.05, 0) is 83.8 Å². The minimum Gasteiger partial charge on any atom is -0.478 e. The third kappa shape index (κ3) is 5.51. The Hall–Kier alpha value is -2.37. The number of carboxylic acids is 1. The maximum atomic E-state index is 11.2. The van der Waals surface area contributed by atoms with Gasteiger partial charge in [0.1, 0.15) is 0 Å². The first-order valence-electron chi connectivity index (χ1n) is 10.5. The second-order valence-corrected chi connectivity index (χ2v) is 8.67. The van der Waals surface area contributed by atoms with Gasteiger partial charge in [-0.25, -0.2) is 4.79 Å². The van der Waals surface area contributed by atoms with Crippen molar-refractivity contribution in [1.29, 1.82) is 0 Å². The number of aromatic carboxylic acids is 1. The first-order valence-corrected chi connectivity index (χ1v) is 10.9. The lowest BCUT2D eigenvalue weighted by Gasteiger charge is -2.27. The molecule has 1 aliphatic rings. The molecule has 0 bridgehead atoms. The number of aryl methyl sites for hydroxylation is 2. The van der Waals surface area contributed by atoms with Gasteiger partial charge in [0, 0.05) is 17.6 Å². The number of fused-ring (bicyclic) bond motifs is 1. The molecule has 4 rings (SSSR count). The Morgan fingerprint density at radius 1 is 1.12 bits per heavy atom. The van der Waals surface area contributed by atoms with Crippen LogP contribution in [0, 0.1) is 6.92 Å². The fraction of sp³-hybridized carbons (Fsp3) is 0.269. The van der Waals surface area contributed by atoms with Crippen LogP contribution in [0.3, 0.4) is 0 Å². The molecule has 1 aliphatic carbocycles. The van der Waals surface area contributed by atoms with E-state index in [1.807, 2.05) is 25.1 Å². The van der Waals surface area contributed by atoms with Gasteiger partial charge in [0.15, 0.2) is 0 Å². The van der Waals surface area contributed by atoms with Gasteiger partial charge in [-0.3, -0.25) is 0 Å². The van der Waals surface area contributed by atoms with Crippen LogP contribution in [0.1, 0.15) is 45.1 Å². The second kappa shape index (κ2) is 10.5. The highest BCUT2D eigenvalue weighted by Gasteiger charge is 2.20. The van der Waals surface area contributed by atoms with Crippen molar-refractivity contribution in [2.75, 3.05) is 6.54 Å². The highest BCUT2D eigenvalue weighted by Crippen LogP contribution is 2.30. The van der Waals surface area contributed by atoms with E-state index in [0.717, 1.165) is 41.5 Å². The Kier molecular flexibility index (Phi) is 7.96. The molecule has 0 spiro atoms. The number of hydrogen-bond donors (Lipinski definition) is 3. The Bertz CT molecular complexity index is 1120. The number of hydrogen-bond acceptors (Lipinski definition) is 3. The summed E-state index contributed by atoms with van der Waals surface area (Å²) in [6.45, 7) is 2.43. The molecule has 0 heterocycles. The van der Waals surface area contributed by atoms with Gasteiger partial charge in [-0.1, -0.05) is 48.0 Å². The van der Waals surface area contributed by atoms with E-state index in [1.165, 1.54) is 11.1 Å². The predicted octanol–water partition coefficient (Wildman–Crippen LogP) is 5.62. The van der Waals surface area contributed by atoms with Crippen LogP contribution < -0.4 is 5.32 Å². The molecule has 0 unspecified atom stereocenters. The quantitative estimate of drug-likeness (QED) is 0.436. The predicted molar refractivity (Wildman–Crippen MR) is 131 cm³/mol. The Labute approximate surface area is 199 Å². The zero-order valence-electron chi connectivity index (χ0n) is 17.8. The standard InChI is InChI=1S/C26H26ClNO3.ClH/c1-16-11-20(26(30)31)8-10-24(16)18-6-5-17-7-9-23(14-21(17)12-18)28-15-25(29)19-3-2-4-22(27)13-19;/h2-6,8,10-13,23,25,28-29H,7,9,14-15H2,1H3,(H,30,31);1H/t23-,25-;/m0./s1. The van der Waals surface area contributed by atoms with E-state index in [-0.39, 0.29) is 12.4 Å². The summed E-state index contributed by atoms with van der Waals surface area (Å²) in [4.78, 5) is 11.2. The van der Waals surface area contributed by atoms with Crippen molar-refractivity contribution < 1.29 is 15.0 Å². The minimum atomic E-state index is -0.908. The van der Waals surface area contributed by atoms with Crippen molar-refractivity contribution in [2.24, 2.45) is 0 Å². The molecule has 3 N–H and O–H groups in total. The average molecular weight is 472 g/mol. The van der Waals surface area contributed by atoms with Gasteiger partial charge in [0.2, 0.25) is 0 Å². The van der Waals surface area contributed by atoms with Crippen molar-refractivity contribution in [2.45, 2.75) is 38.3 Å². The molecule has 2 atom stereocenters. The van der Waals surface area contributed by atoms with Crippen LogP contribution in [0.4, 0.5) is 0 Å². The number of benzene rings is 3. The third-order valence-electron chi connectivity index (χ3n) is 6.05. The van der Waals surface area contributed by atoms with Gasteiger partial charge in [0.05, 0.1) is 11.7 Å². The lowest BCUT2D eigenvalue weighted by atomic mass is 9.85. The minimum absolute atomic E-state index is 0. The van der Waals surface area contributed by atoms with Crippen LogP contribution in [0.5, 0.6) is 0 Å². The summed E-state index contributed by atoms with van der Waals surface area (Å²) in [5.41, 5.74) is 6.90. The lowest BCUT2D eigenvalue weighted by Crippen LogP contribution is -2.37. The molecule has 4 nitrogen and oxygen atoms in total. The lowest BCUT2D eigenvalue weighted by molar-refractivity contribution is 0.0697. The molecule has 3 aromatic carbocycles. The fourth-order valence-corrected chi connectivity index (χ4v) is 4.53. The molecule has 0 radical (unpaired) electrons. The number of carboxylic acid groups (broad SMARTS) is 1. The third-order valence-corrected chi connectivity index (χ3v) is 6.29. The number of carbonyl (C=O) groups is 1. The maximum absolute atomic E-state index is 11.2. The van der Waals surface area contributed by atoms with Gasteiger partial charge >= 0.3 is 5.97 Å². The van der Waals surface area contributed by atoms with Crippen LogP contribution in [-0.2, 0) is 12.8 Å². The summed E-state index contributed by atoms with van der Waals surface area (Å²) in [5.74, 6) is -0.908. The monoisotopic (exact) mass is 471 g/mol. The second-order valence-electron chi connectivity index (χ2n) is 8.24. The number of rotatable bonds is 6. The highest BCUT2D eigenvalue weighted by atomic mass is 35.5. The van der Waals surface area contributed by atoms with E-state index < -0.39 is 12.1 Å². The topological polar surface area (TPSA) is 69.6 Å². The van der Waals surface area contributed by atoms with Crippen LogP contribution in [0.2, 0.25) is 5.02 Å². The highest BCUT2D eigenvalue weighted by molar-refractivity contribution is 6.30. The van der Waals surface area contributed by atoms with E-state index in [0.29, 0.717) is 23.2 Å². The summed E-state index contributed by atoms with van der Waals surface area (Å²) < 4.78 is 0. The first-order chi connectivity index (χ1) is 14.9. The average Bonchev–Trinajstić information content (AvgIpc) is 2.76. The SMILES string of the molecule is Cc1cc(C(=O)O)ccc1-c1ccc2c(c1)C[C@@H](NC[C@H](O)c1cccc(Cl)c1)CC2.Cl. The van der Waals surface area contributed by atoms with Crippen molar-refractivity contribution in [1.82, 2.24) is 5.32 Å². The summed E-state index contributed by atoms with van der Waals surface area (Å²) in [6, 6.07) is 19.4. The number of aliphatic hydroxyl groups is 1. The van der Waals surface area contributed by atoms with E-state index in [4.69, 9.17) is 11.6 Å². The van der Waals surface area contributed by atoms with E-state index >= 15 is 0 Å². The Balaban J connectivity index is 0.00000289. The summed E-state index contributed by atoms with van der Waals surface area (Å²) in [7, 11) is 0. The molecular formula is C26H27Cl2NO3. The molecule has 0 saturated carbocycles. The molecule has 6 heteroatoms. The van der Waals surface area contributed by atoms with Crippen molar-refractivity contribution in [3.05, 3.63) is 93.5 Å². The zero-order valence-corrected chi connectivity index (χ0v) is 19.4. The van der Waals surface area contributed by atoms with Crippen LogP contribution in [0.15, 0.2) is 60.7 Å². The van der Waals surface area contributed by atoms with Crippen molar-refractivity contribution in [3.63, 3.8) is 0 Å². The smallest absolute Gasteiger partial charge is 0.335 e. The molecule has 0 aliphatic heterocycles. The molecule has 0 saturated heterocycles. The maximum Gasteiger partial charge on any atom is 0.335 e. The van der Waals surface area contributed by atoms with Crippen molar-refractivity contribution >= 4 is 30.0 Å². The van der Waals surface area contributed by atoms with Gasteiger partial charge < -0.3 is 15.5 Å². The van der Waals surface area contributed by atoms with E-state index in [2.05, 4.69) is 23.5 Å². The van der Waals surface area contributed by atoms with Crippen LogP contribution in [0.25, 0.3) is 11.1 Å². The zero-order chi connectivity index (χ0) is 22.0. The van der Waals surface area contributed by atoms with Crippen LogP contribution in [-0.4, -0.2) is 28.8 Å². The molecule has 0 amide bonds. The van der Waals surface area contributed by atoms with E-state index in [1.54, 1.807) is 24.3 Å². The fourth-order valence-electron chi connectivity index (χ4n) is 4.33. The number of halogens is 2. The van der Waals surface area contributed by atoms with Crippen LogP contribution >= 0.6 is 24.0 Å². The Morgan fingerprint density at radius 3 is 2.66 bits per heavy atom. The van der Waals surface area contributed by atoms with E-state index in [9.17, 15) is 15.0 Å². The first kappa shape index (κ1) is 24.3. The molecule has 32 heavy (non-hydrogen) atoms. The normalized spacial score (nSPS) is 16.0. The molecule has 0 aromatic heterocycles. The largest absolute Gasteiger partial charge is 0.478 e. The van der Waals surface area contributed by atoms with Gasteiger partial charge in [-0.15, -0.1) is 12.4 Å². The Morgan fingerprint density at radius 2 is 1.94 bits per heavy atom. The van der Waals surface area contributed by atoms with Crippen molar-refractivity contribution in [3.8, 4) is 11.1 Å². The summed E-state index contributed by atoms with van der Waals surface area (Å²) >= 11 is 6.03. The molecule has 0 fully saturated rings. The van der Waals surface area contributed by atoms with Gasteiger partial charge in [-0.2, -0.15) is 0 Å². The molecule has 168 valence electrons.